The number of pyridine rings is 1. The number of para-hydroxylation sites is 1. The van der Waals surface area contributed by atoms with Gasteiger partial charge in [-0.25, -0.2) is 8.42 Å². The van der Waals surface area contributed by atoms with Crippen molar-refractivity contribution in [3.63, 3.8) is 0 Å². The Morgan fingerprint density at radius 2 is 2.06 bits per heavy atom. The van der Waals surface area contributed by atoms with Crippen LogP contribution in [0.1, 0.15) is 17.7 Å². The van der Waals surface area contributed by atoms with Crippen LogP contribution < -0.4 is 0 Å². The van der Waals surface area contributed by atoms with Gasteiger partial charge in [-0.1, -0.05) is 18.2 Å². The molecule has 0 fully saturated rings. The molecule has 0 N–H and O–H groups in total. The van der Waals surface area contributed by atoms with Crippen LogP contribution in [0.25, 0.3) is 10.9 Å². The quantitative estimate of drug-likeness (QED) is 0.790. The predicted molar refractivity (Wildman–Crippen MR) is 72.4 cm³/mol. The van der Waals surface area contributed by atoms with Crippen LogP contribution in [0.5, 0.6) is 0 Å². The fourth-order valence-corrected chi connectivity index (χ4v) is 3.63. The van der Waals surface area contributed by atoms with Gasteiger partial charge in [-0.2, -0.15) is 0 Å². The lowest BCUT2D eigenvalue weighted by Crippen LogP contribution is -2.27. The number of fused-ring (bicyclic) bond motifs is 2. The van der Waals surface area contributed by atoms with Crippen molar-refractivity contribution in [3.8, 4) is 0 Å². The maximum absolute atomic E-state index is 11.6. The second-order valence-corrected chi connectivity index (χ2v) is 7.31. The van der Waals surface area contributed by atoms with E-state index in [-0.39, 0.29) is 5.25 Å². The molecule has 1 aliphatic rings. The minimum Gasteiger partial charge on any atom is -0.253 e. The van der Waals surface area contributed by atoms with Crippen molar-refractivity contribution in [2.75, 3.05) is 6.26 Å². The van der Waals surface area contributed by atoms with Crippen molar-refractivity contribution in [2.45, 2.75) is 24.5 Å². The van der Waals surface area contributed by atoms with Crippen molar-refractivity contribution < 1.29 is 8.42 Å². The van der Waals surface area contributed by atoms with E-state index < -0.39 is 9.84 Å². The molecule has 1 unspecified atom stereocenters. The van der Waals surface area contributed by atoms with Gasteiger partial charge in [0, 0.05) is 17.3 Å². The van der Waals surface area contributed by atoms with E-state index in [4.69, 9.17) is 0 Å². The monoisotopic (exact) mass is 261 g/mol. The summed E-state index contributed by atoms with van der Waals surface area (Å²) in [5.74, 6) is 0. The topological polar surface area (TPSA) is 47.0 Å². The fourth-order valence-electron chi connectivity index (χ4n) is 2.60. The summed E-state index contributed by atoms with van der Waals surface area (Å²) >= 11 is 0. The first-order valence-corrected chi connectivity index (χ1v) is 8.06. The Bertz CT molecular complexity index is 707. The molecule has 3 nitrogen and oxygen atoms in total. The molecule has 1 aliphatic carbocycles. The minimum atomic E-state index is -2.95. The third-order valence-electron chi connectivity index (χ3n) is 3.65. The Kier molecular flexibility index (Phi) is 2.63. The molecule has 1 atom stereocenters. The van der Waals surface area contributed by atoms with Gasteiger partial charge in [0.1, 0.15) is 0 Å². The van der Waals surface area contributed by atoms with Crippen LogP contribution in [0.15, 0.2) is 30.3 Å². The van der Waals surface area contributed by atoms with Gasteiger partial charge in [-0.05, 0) is 37.0 Å². The number of aryl methyl sites for hydroxylation is 1. The molecule has 0 saturated heterocycles. The van der Waals surface area contributed by atoms with Gasteiger partial charge in [-0.15, -0.1) is 0 Å². The summed E-state index contributed by atoms with van der Waals surface area (Å²) in [4.78, 5) is 4.64. The highest BCUT2D eigenvalue weighted by atomic mass is 32.2. The number of aromatic nitrogens is 1. The summed E-state index contributed by atoms with van der Waals surface area (Å²) in [7, 11) is -2.95. The molecular formula is C14H15NO2S. The highest BCUT2D eigenvalue weighted by Gasteiger charge is 2.27. The van der Waals surface area contributed by atoms with Crippen molar-refractivity contribution in [1.29, 1.82) is 0 Å². The molecule has 4 heteroatoms. The van der Waals surface area contributed by atoms with E-state index in [1.54, 1.807) is 0 Å². The summed E-state index contributed by atoms with van der Waals surface area (Å²) in [6.45, 7) is 0. The maximum atomic E-state index is 11.6. The standard InChI is InChI=1S/C14H15NO2S/c1-18(16,17)12-6-7-14-11(9-12)8-10-4-2-3-5-13(10)15-14/h2-5,8,12H,6-7,9H2,1H3. The first kappa shape index (κ1) is 11.7. The number of hydrogen-bond acceptors (Lipinski definition) is 3. The molecular weight excluding hydrogens is 246 g/mol. The average Bonchev–Trinajstić information content (AvgIpc) is 2.34. The molecule has 1 heterocycles. The summed E-state index contributed by atoms with van der Waals surface area (Å²) in [5, 5.41) is 0.846. The maximum Gasteiger partial charge on any atom is 0.150 e. The molecule has 0 bridgehead atoms. The number of sulfone groups is 1. The zero-order valence-electron chi connectivity index (χ0n) is 10.3. The molecule has 1 aromatic carbocycles. The highest BCUT2D eigenvalue weighted by molar-refractivity contribution is 7.91. The molecule has 0 spiro atoms. The number of hydrogen-bond donors (Lipinski definition) is 0. The second kappa shape index (κ2) is 4.05. The van der Waals surface area contributed by atoms with Gasteiger partial charge in [0.2, 0.25) is 0 Å². The Morgan fingerprint density at radius 3 is 2.83 bits per heavy atom. The van der Waals surface area contributed by atoms with Crippen LogP contribution in [0, 0.1) is 0 Å². The first-order valence-electron chi connectivity index (χ1n) is 6.10. The molecule has 1 aromatic heterocycles. The van der Waals surface area contributed by atoms with E-state index in [1.165, 1.54) is 6.26 Å². The van der Waals surface area contributed by atoms with Gasteiger partial charge >= 0.3 is 0 Å². The lowest BCUT2D eigenvalue weighted by molar-refractivity contribution is 0.565. The Balaban J connectivity index is 2.08. The van der Waals surface area contributed by atoms with Crippen molar-refractivity contribution >= 4 is 20.7 Å². The van der Waals surface area contributed by atoms with E-state index in [0.717, 1.165) is 28.6 Å². The van der Waals surface area contributed by atoms with Crippen LogP contribution in [0.3, 0.4) is 0 Å². The molecule has 0 amide bonds. The molecule has 0 radical (unpaired) electrons. The SMILES string of the molecule is CS(=O)(=O)C1CCc2nc3ccccc3cc2C1. The van der Waals surface area contributed by atoms with Crippen LogP contribution in [-0.2, 0) is 22.7 Å². The Hall–Kier alpha value is -1.42. The predicted octanol–water partition coefficient (Wildman–Crippen LogP) is 2.14. The Labute approximate surface area is 107 Å². The zero-order valence-corrected chi connectivity index (χ0v) is 11.1. The summed E-state index contributed by atoms with van der Waals surface area (Å²) in [5.41, 5.74) is 3.15. The summed E-state index contributed by atoms with van der Waals surface area (Å²) in [6, 6.07) is 10.1. The summed E-state index contributed by atoms with van der Waals surface area (Å²) < 4.78 is 23.3. The van der Waals surface area contributed by atoms with Crippen LogP contribution in [0.4, 0.5) is 0 Å². The van der Waals surface area contributed by atoms with Gasteiger partial charge in [-0.3, -0.25) is 4.98 Å². The zero-order chi connectivity index (χ0) is 12.8. The second-order valence-electron chi connectivity index (χ2n) is 4.98. The number of rotatable bonds is 1. The lowest BCUT2D eigenvalue weighted by atomic mass is 9.94. The molecule has 3 rings (SSSR count). The van der Waals surface area contributed by atoms with E-state index >= 15 is 0 Å². The largest absolute Gasteiger partial charge is 0.253 e. The van der Waals surface area contributed by atoms with Crippen molar-refractivity contribution in [1.82, 2.24) is 4.98 Å². The fraction of sp³-hybridized carbons (Fsp3) is 0.357. The van der Waals surface area contributed by atoms with Crippen molar-refractivity contribution in [3.05, 3.63) is 41.6 Å². The van der Waals surface area contributed by atoms with Crippen molar-refractivity contribution in [2.24, 2.45) is 0 Å². The van der Waals surface area contributed by atoms with E-state index in [9.17, 15) is 8.42 Å². The van der Waals surface area contributed by atoms with E-state index in [1.807, 2.05) is 24.3 Å². The molecule has 0 aliphatic heterocycles. The number of nitrogens with zero attached hydrogens (tertiary/aromatic N) is 1. The molecule has 94 valence electrons. The molecule has 2 aromatic rings. The molecule has 18 heavy (non-hydrogen) atoms. The van der Waals surface area contributed by atoms with Gasteiger partial charge in [0.25, 0.3) is 0 Å². The van der Waals surface area contributed by atoms with Crippen LogP contribution in [-0.4, -0.2) is 24.9 Å². The highest BCUT2D eigenvalue weighted by Crippen LogP contribution is 2.26. The Morgan fingerprint density at radius 1 is 1.28 bits per heavy atom. The normalized spacial score (nSPS) is 19.7. The smallest absolute Gasteiger partial charge is 0.150 e. The van der Waals surface area contributed by atoms with E-state index in [0.29, 0.717) is 12.8 Å². The first-order chi connectivity index (χ1) is 8.54. The number of benzene rings is 1. The van der Waals surface area contributed by atoms with Gasteiger partial charge in [0.05, 0.1) is 10.8 Å². The lowest BCUT2D eigenvalue weighted by Gasteiger charge is -2.22. The summed E-state index contributed by atoms with van der Waals surface area (Å²) in [6.07, 6.45) is 3.39. The third-order valence-corrected chi connectivity index (χ3v) is 5.26. The van der Waals surface area contributed by atoms with Gasteiger partial charge in [0.15, 0.2) is 9.84 Å². The third kappa shape index (κ3) is 2.01. The van der Waals surface area contributed by atoms with E-state index in [2.05, 4.69) is 11.1 Å². The average molecular weight is 261 g/mol. The van der Waals surface area contributed by atoms with Crippen LogP contribution >= 0.6 is 0 Å². The molecule has 0 saturated carbocycles. The minimum absolute atomic E-state index is 0.243. The van der Waals surface area contributed by atoms with Gasteiger partial charge < -0.3 is 0 Å². The van der Waals surface area contributed by atoms with Crippen LogP contribution in [0.2, 0.25) is 0 Å².